The summed E-state index contributed by atoms with van der Waals surface area (Å²) in [6, 6.07) is 7.27. The van der Waals surface area contributed by atoms with Gasteiger partial charge in [-0.15, -0.1) is 0 Å². The molecule has 20 heavy (non-hydrogen) atoms. The molecule has 8 heteroatoms. The van der Waals surface area contributed by atoms with Gasteiger partial charge in [0.05, 0.1) is 33.6 Å². The highest BCUT2D eigenvalue weighted by atomic mass is 35.5. The van der Waals surface area contributed by atoms with Crippen LogP contribution in [-0.2, 0) is 10.0 Å². The first kappa shape index (κ1) is 14.6. The molecule has 0 atom stereocenters. The van der Waals surface area contributed by atoms with E-state index in [1.807, 2.05) is 6.07 Å². The van der Waals surface area contributed by atoms with Gasteiger partial charge in [-0.05, 0) is 24.3 Å². The lowest BCUT2D eigenvalue weighted by molar-refractivity contribution is 0.601. The second-order valence-corrected chi connectivity index (χ2v) is 6.18. The average molecular weight is 328 g/mol. The van der Waals surface area contributed by atoms with Crippen LogP contribution in [0, 0.1) is 11.3 Å². The molecule has 1 aromatic heterocycles. The van der Waals surface area contributed by atoms with E-state index in [2.05, 4.69) is 9.71 Å². The summed E-state index contributed by atoms with van der Waals surface area (Å²) in [7, 11) is -3.96. The third-order valence-corrected chi connectivity index (χ3v) is 4.54. The number of sulfonamides is 1. The highest BCUT2D eigenvalue weighted by Gasteiger charge is 2.20. The van der Waals surface area contributed by atoms with Gasteiger partial charge < -0.3 is 0 Å². The Kier molecular flexibility index (Phi) is 4.14. The van der Waals surface area contributed by atoms with Gasteiger partial charge in [0.25, 0.3) is 10.0 Å². The Balaban J connectivity index is 2.47. The van der Waals surface area contributed by atoms with Crippen molar-refractivity contribution in [2.45, 2.75) is 4.90 Å². The summed E-state index contributed by atoms with van der Waals surface area (Å²) < 4.78 is 26.8. The van der Waals surface area contributed by atoms with E-state index >= 15 is 0 Å². The summed E-state index contributed by atoms with van der Waals surface area (Å²) in [6.07, 6.45) is 2.71. The van der Waals surface area contributed by atoms with Gasteiger partial charge in [-0.2, -0.15) is 5.26 Å². The zero-order chi connectivity index (χ0) is 14.8. The van der Waals surface area contributed by atoms with Gasteiger partial charge in [0.2, 0.25) is 0 Å². The molecule has 0 bridgehead atoms. The molecule has 0 saturated heterocycles. The topological polar surface area (TPSA) is 82.8 Å². The number of benzene rings is 1. The highest BCUT2D eigenvalue weighted by molar-refractivity contribution is 7.92. The SMILES string of the molecule is N#Cc1ccc(Cl)c(S(=O)(=O)Nc2cnccc2Cl)c1. The number of nitriles is 1. The van der Waals surface area contributed by atoms with E-state index in [0.29, 0.717) is 0 Å². The van der Waals surface area contributed by atoms with Gasteiger partial charge in [-0.1, -0.05) is 23.2 Å². The van der Waals surface area contributed by atoms with E-state index < -0.39 is 10.0 Å². The summed E-state index contributed by atoms with van der Waals surface area (Å²) in [6.45, 7) is 0. The minimum atomic E-state index is -3.96. The van der Waals surface area contributed by atoms with Crippen LogP contribution < -0.4 is 4.72 Å². The van der Waals surface area contributed by atoms with Crippen molar-refractivity contribution in [3.05, 3.63) is 52.3 Å². The Bertz CT molecular complexity index is 801. The van der Waals surface area contributed by atoms with E-state index in [-0.39, 0.29) is 26.2 Å². The Labute approximate surface area is 125 Å². The van der Waals surface area contributed by atoms with E-state index in [0.717, 1.165) is 0 Å². The Morgan fingerprint density at radius 3 is 2.60 bits per heavy atom. The molecule has 2 aromatic rings. The summed E-state index contributed by atoms with van der Waals surface area (Å²) in [4.78, 5) is 3.59. The minimum absolute atomic E-state index is 0.0107. The van der Waals surface area contributed by atoms with Crippen LogP contribution in [0.4, 0.5) is 5.69 Å². The molecule has 0 unspecified atom stereocenters. The van der Waals surface area contributed by atoms with Crippen molar-refractivity contribution in [1.29, 1.82) is 5.26 Å². The van der Waals surface area contributed by atoms with E-state index in [1.165, 1.54) is 36.7 Å². The smallest absolute Gasteiger partial charge is 0.263 e. The Hall–Kier alpha value is -1.81. The number of aromatic nitrogens is 1. The van der Waals surface area contributed by atoms with Crippen molar-refractivity contribution in [2.24, 2.45) is 0 Å². The first-order valence-corrected chi connectivity index (χ1v) is 7.50. The predicted molar refractivity (Wildman–Crippen MR) is 76.2 cm³/mol. The van der Waals surface area contributed by atoms with Gasteiger partial charge >= 0.3 is 0 Å². The fourth-order valence-corrected chi connectivity index (χ4v) is 3.23. The van der Waals surface area contributed by atoms with E-state index in [4.69, 9.17) is 28.5 Å². The molecule has 0 spiro atoms. The molecule has 1 N–H and O–H groups in total. The zero-order valence-corrected chi connectivity index (χ0v) is 12.2. The number of hydrogen-bond donors (Lipinski definition) is 1. The number of anilines is 1. The molecule has 0 amide bonds. The summed E-state index contributed by atoms with van der Waals surface area (Å²) in [5.74, 6) is 0. The molecule has 0 saturated carbocycles. The van der Waals surface area contributed by atoms with Crippen LogP contribution in [0.25, 0.3) is 0 Å². The normalized spacial score (nSPS) is 10.8. The first-order chi connectivity index (χ1) is 9.44. The van der Waals surface area contributed by atoms with Crippen LogP contribution in [0.1, 0.15) is 5.56 Å². The number of halogens is 2. The number of pyridine rings is 1. The Morgan fingerprint density at radius 1 is 1.20 bits per heavy atom. The number of hydrogen-bond acceptors (Lipinski definition) is 4. The number of rotatable bonds is 3. The molecular weight excluding hydrogens is 321 g/mol. The number of nitrogens with zero attached hydrogens (tertiary/aromatic N) is 2. The lowest BCUT2D eigenvalue weighted by atomic mass is 10.2. The third kappa shape index (κ3) is 3.02. The van der Waals surface area contributed by atoms with Crippen LogP contribution in [0.2, 0.25) is 10.0 Å². The number of nitrogens with one attached hydrogen (secondary N) is 1. The predicted octanol–water partition coefficient (Wildman–Crippen LogP) is 3.06. The van der Waals surface area contributed by atoms with Gasteiger partial charge in [-0.3, -0.25) is 9.71 Å². The molecule has 0 aliphatic heterocycles. The summed E-state index contributed by atoms with van der Waals surface area (Å²) in [5, 5.41) is 9.03. The van der Waals surface area contributed by atoms with Gasteiger partial charge in [0, 0.05) is 6.20 Å². The standard InChI is InChI=1S/C12H7Cl2N3O2S/c13-9-3-4-16-7-11(9)17-20(18,19)12-5-8(6-15)1-2-10(12)14/h1-5,7,17H. The van der Waals surface area contributed by atoms with E-state index in [1.54, 1.807) is 0 Å². The fourth-order valence-electron chi connectivity index (χ4n) is 1.43. The average Bonchev–Trinajstić information content (AvgIpc) is 2.41. The van der Waals surface area contributed by atoms with Crippen molar-refractivity contribution < 1.29 is 8.42 Å². The summed E-state index contributed by atoms with van der Waals surface area (Å²) in [5.41, 5.74) is 0.319. The van der Waals surface area contributed by atoms with Crippen LogP contribution in [0.3, 0.4) is 0 Å². The quantitative estimate of drug-likeness (QED) is 0.939. The lowest BCUT2D eigenvalue weighted by Gasteiger charge is -2.10. The fraction of sp³-hybridized carbons (Fsp3) is 0. The highest BCUT2D eigenvalue weighted by Crippen LogP contribution is 2.27. The van der Waals surface area contributed by atoms with Crippen molar-refractivity contribution in [2.75, 3.05) is 4.72 Å². The second kappa shape index (κ2) is 5.67. The molecular formula is C12H7Cl2N3O2S. The van der Waals surface area contributed by atoms with E-state index in [9.17, 15) is 8.42 Å². The molecule has 5 nitrogen and oxygen atoms in total. The molecule has 0 aliphatic rings. The molecule has 1 aromatic carbocycles. The van der Waals surface area contributed by atoms with Gasteiger partial charge in [0.1, 0.15) is 4.90 Å². The molecule has 1 heterocycles. The van der Waals surface area contributed by atoms with Crippen molar-refractivity contribution in [3.8, 4) is 6.07 Å². The maximum atomic E-state index is 12.3. The second-order valence-electron chi connectivity index (χ2n) is 3.72. The zero-order valence-electron chi connectivity index (χ0n) is 9.84. The molecule has 2 rings (SSSR count). The lowest BCUT2D eigenvalue weighted by Crippen LogP contribution is -2.14. The first-order valence-electron chi connectivity index (χ1n) is 5.26. The molecule has 0 radical (unpaired) electrons. The molecule has 102 valence electrons. The maximum absolute atomic E-state index is 12.3. The van der Waals surface area contributed by atoms with Crippen LogP contribution >= 0.6 is 23.2 Å². The Morgan fingerprint density at radius 2 is 1.95 bits per heavy atom. The third-order valence-electron chi connectivity index (χ3n) is 2.36. The van der Waals surface area contributed by atoms with Gasteiger partial charge in [0.15, 0.2) is 0 Å². The van der Waals surface area contributed by atoms with Crippen LogP contribution in [0.5, 0.6) is 0 Å². The molecule has 0 fully saturated rings. The van der Waals surface area contributed by atoms with Crippen molar-refractivity contribution >= 4 is 38.9 Å². The molecule has 0 aliphatic carbocycles. The van der Waals surface area contributed by atoms with Crippen LogP contribution in [-0.4, -0.2) is 13.4 Å². The van der Waals surface area contributed by atoms with Gasteiger partial charge in [-0.25, -0.2) is 8.42 Å². The largest absolute Gasteiger partial charge is 0.276 e. The minimum Gasteiger partial charge on any atom is -0.276 e. The monoisotopic (exact) mass is 327 g/mol. The maximum Gasteiger partial charge on any atom is 0.263 e. The van der Waals surface area contributed by atoms with Crippen LogP contribution in [0.15, 0.2) is 41.6 Å². The van der Waals surface area contributed by atoms with Crippen molar-refractivity contribution in [3.63, 3.8) is 0 Å². The van der Waals surface area contributed by atoms with Crippen molar-refractivity contribution in [1.82, 2.24) is 4.98 Å². The summed E-state index contributed by atoms with van der Waals surface area (Å²) >= 11 is 11.7.